The fourth-order valence-electron chi connectivity index (χ4n) is 3.80. The molecule has 1 aliphatic rings. The van der Waals surface area contributed by atoms with Gasteiger partial charge in [0.25, 0.3) is 0 Å². The Labute approximate surface area is 170 Å². The quantitative estimate of drug-likeness (QED) is 0.771. The minimum absolute atomic E-state index is 0.0662. The number of nitrogens with one attached hydrogen (secondary N) is 1. The summed E-state index contributed by atoms with van der Waals surface area (Å²) in [5.74, 6) is -0.388. The largest absolute Gasteiger partial charge is 0.464 e. The van der Waals surface area contributed by atoms with Crippen LogP contribution in [-0.2, 0) is 9.53 Å². The Morgan fingerprint density at radius 1 is 1.25 bits per heavy atom. The van der Waals surface area contributed by atoms with Crippen LogP contribution in [0.25, 0.3) is 0 Å². The van der Waals surface area contributed by atoms with Crippen molar-refractivity contribution in [2.75, 3.05) is 32.1 Å². The lowest BCUT2D eigenvalue weighted by Crippen LogP contribution is -2.40. The van der Waals surface area contributed by atoms with E-state index in [4.69, 9.17) is 16.3 Å². The first-order chi connectivity index (χ1) is 13.4. The van der Waals surface area contributed by atoms with Gasteiger partial charge < -0.3 is 14.6 Å². The smallest absolute Gasteiger partial charge is 0.354 e. The van der Waals surface area contributed by atoms with Gasteiger partial charge in [0.05, 0.1) is 24.4 Å². The minimum Gasteiger partial charge on any atom is -0.464 e. The molecule has 2 heterocycles. The van der Waals surface area contributed by atoms with Crippen molar-refractivity contribution in [2.45, 2.75) is 32.7 Å². The van der Waals surface area contributed by atoms with Crippen LogP contribution in [0.15, 0.2) is 30.5 Å². The number of hydrogen-bond acceptors (Lipinski definition) is 4. The zero-order valence-corrected chi connectivity index (χ0v) is 17.3. The van der Waals surface area contributed by atoms with E-state index in [1.165, 1.54) is 7.11 Å². The van der Waals surface area contributed by atoms with Crippen molar-refractivity contribution in [1.82, 2.24) is 9.47 Å². The molecule has 1 aromatic carbocycles. The Kier molecular flexibility index (Phi) is 6.42. The number of piperidine rings is 1. The molecule has 7 heteroatoms. The SMILES string of the molecule is COC(=O)c1cccn1C1CCN(CC(=O)Nc2c(C)cc(C)cc2Cl)CC1. The van der Waals surface area contributed by atoms with E-state index in [1.807, 2.05) is 42.8 Å². The number of methoxy groups -OCH3 is 1. The molecular weight excluding hydrogens is 378 g/mol. The highest BCUT2D eigenvalue weighted by molar-refractivity contribution is 6.34. The molecule has 1 saturated heterocycles. The summed E-state index contributed by atoms with van der Waals surface area (Å²) in [6.07, 6.45) is 3.66. The Balaban J connectivity index is 1.56. The van der Waals surface area contributed by atoms with Crippen molar-refractivity contribution in [3.63, 3.8) is 0 Å². The number of hydrogen-bond donors (Lipinski definition) is 1. The molecule has 1 aliphatic heterocycles. The number of carbonyl (C=O) groups is 2. The Bertz CT molecular complexity index is 847. The highest BCUT2D eigenvalue weighted by Crippen LogP contribution is 2.28. The Morgan fingerprint density at radius 2 is 1.96 bits per heavy atom. The lowest BCUT2D eigenvalue weighted by atomic mass is 10.0. The number of carbonyl (C=O) groups excluding carboxylic acids is 2. The third kappa shape index (κ3) is 4.56. The number of likely N-dealkylation sites (tertiary alicyclic amines) is 1. The topological polar surface area (TPSA) is 63.6 Å². The number of halogens is 1. The lowest BCUT2D eigenvalue weighted by Gasteiger charge is -2.33. The predicted octanol–water partition coefficient (Wildman–Crippen LogP) is 3.82. The van der Waals surface area contributed by atoms with Crippen LogP contribution < -0.4 is 5.32 Å². The molecular formula is C21H26ClN3O3. The van der Waals surface area contributed by atoms with Crippen LogP contribution >= 0.6 is 11.6 Å². The molecule has 1 N–H and O–H groups in total. The number of aryl methyl sites for hydroxylation is 2. The van der Waals surface area contributed by atoms with Crippen molar-refractivity contribution in [3.8, 4) is 0 Å². The van der Waals surface area contributed by atoms with Gasteiger partial charge in [0.2, 0.25) is 5.91 Å². The average molecular weight is 404 g/mol. The zero-order chi connectivity index (χ0) is 20.3. The summed E-state index contributed by atoms with van der Waals surface area (Å²) in [6, 6.07) is 7.73. The van der Waals surface area contributed by atoms with Gasteiger partial charge in [-0.05, 0) is 56.0 Å². The molecule has 3 rings (SSSR count). The van der Waals surface area contributed by atoms with E-state index in [0.29, 0.717) is 22.9 Å². The van der Waals surface area contributed by atoms with Crippen molar-refractivity contribution >= 4 is 29.2 Å². The first-order valence-corrected chi connectivity index (χ1v) is 9.81. The van der Waals surface area contributed by atoms with Crippen LogP contribution in [0.4, 0.5) is 5.69 Å². The first-order valence-electron chi connectivity index (χ1n) is 9.43. The number of aromatic nitrogens is 1. The van der Waals surface area contributed by atoms with Gasteiger partial charge in [0.15, 0.2) is 0 Å². The summed E-state index contributed by atoms with van der Waals surface area (Å²) in [5, 5.41) is 3.51. The van der Waals surface area contributed by atoms with E-state index in [0.717, 1.165) is 37.1 Å². The van der Waals surface area contributed by atoms with Crippen LogP contribution in [0.1, 0.15) is 40.5 Å². The summed E-state index contributed by atoms with van der Waals surface area (Å²) >= 11 is 6.28. The van der Waals surface area contributed by atoms with Gasteiger partial charge in [-0.1, -0.05) is 17.7 Å². The number of anilines is 1. The maximum atomic E-state index is 12.5. The molecule has 1 fully saturated rings. The van der Waals surface area contributed by atoms with Crippen molar-refractivity contribution in [2.24, 2.45) is 0 Å². The summed E-state index contributed by atoms with van der Waals surface area (Å²) in [4.78, 5) is 26.5. The van der Waals surface area contributed by atoms with Gasteiger partial charge >= 0.3 is 5.97 Å². The summed E-state index contributed by atoms with van der Waals surface area (Å²) < 4.78 is 6.83. The first kappa shape index (κ1) is 20.4. The van der Waals surface area contributed by atoms with Crippen LogP contribution in [0, 0.1) is 13.8 Å². The molecule has 0 spiro atoms. The van der Waals surface area contributed by atoms with Gasteiger partial charge in [-0.25, -0.2) is 4.79 Å². The molecule has 0 atom stereocenters. The highest BCUT2D eigenvalue weighted by atomic mass is 35.5. The summed E-state index contributed by atoms with van der Waals surface area (Å²) in [7, 11) is 1.39. The van der Waals surface area contributed by atoms with Gasteiger partial charge in [-0.15, -0.1) is 0 Å². The second-order valence-corrected chi connectivity index (χ2v) is 7.69. The zero-order valence-electron chi connectivity index (χ0n) is 16.5. The average Bonchev–Trinajstić information content (AvgIpc) is 3.14. The van der Waals surface area contributed by atoms with Gasteiger partial charge in [-0.2, -0.15) is 0 Å². The standard InChI is InChI=1S/C21H26ClN3O3/c1-14-11-15(2)20(17(22)12-14)23-19(26)13-24-9-6-16(7-10-24)25-8-4-5-18(25)21(27)28-3/h4-5,8,11-12,16H,6-7,9-10,13H2,1-3H3,(H,23,26). The fraction of sp³-hybridized carbons (Fsp3) is 0.429. The van der Waals surface area contributed by atoms with Gasteiger partial charge in [-0.3, -0.25) is 9.69 Å². The monoisotopic (exact) mass is 403 g/mol. The van der Waals surface area contributed by atoms with Crippen LogP contribution in [0.5, 0.6) is 0 Å². The molecule has 6 nitrogen and oxygen atoms in total. The maximum absolute atomic E-state index is 12.5. The number of benzene rings is 1. The second kappa shape index (κ2) is 8.80. The molecule has 150 valence electrons. The van der Waals surface area contributed by atoms with Crippen molar-refractivity contribution in [3.05, 3.63) is 52.3 Å². The maximum Gasteiger partial charge on any atom is 0.354 e. The van der Waals surface area contributed by atoms with Crippen LogP contribution in [0.3, 0.4) is 0 Å². The van der Waals surface area contributed by atoms with E-state index < -0.39 is 0 Å². The highest BCUT2D eigenvalue weighted by Gasteiger charge is 2.25. The third-order valence-corrected chi connectivity index (χ3v) is 5.49. The number of amides is 1. The van der Waals surface area contributed by atoms with Crippen molar-refractivity contribution in [1.29, 1.82) is 0 Å². The Morgan fingerprint density at radius 3 is 2.61 bits per heavy atom. The Hall–Kier alpha value is -2.31. The molecule has 1 aromatic heterocycles. The minimum atomic E-state index is -0.322. The van der Waals surface area contributed by atoms with E-state index >= 15 is 0 Å². The predicted molar refractivity (Wildman–Crippen MR) is 110 cm³/mol. The van der Waals surface area contributed by atoms with E-state index in [2.05, 4.69) is 10.2 Å². The molecule has 2 aromatic rings. The summed E-state index contributed by atoms with van der Waals surface area (Å²) in [5.41, 5.74) is 3.28. The number of rotatable bonds is 5. The fourth-order valence-corrected chi connectivity index (χ4v) is 4.17. The second-order valence-electron chi connectivity index (χ2n) is 7.29. The van der Waals surface area contributed by atoms with Gasteiger partial charge in [0, 0.05) is 25.3 Å². The molecule has 0 radical (unpaired) electrons. The van der Waals surface area contributed by atoms with E-state index in [-0.39, 0.29) is 17.9 Å². The number of esters is 1. The molecule has 0 unspecified atom stereocenters. The third-order valence-electron chi connectivity index (χ3n) is 5.19. The molecule has 0 saturated carbocycles. The van der Waals surface area contributed by atoms with Crippen LogP contribution in [0.2, 0.25) is 5.02 Å². The van der Waals surface area contributed by atoms with Crippen LogP contribution in [-0.4, -0.2) is 48.1 Å². The van der Waals surface area contributed by atoms with E-state index in [1.54, 1.807) is 6.07 Å². The van der Waals surface area contributed by atoms with Gasteiger partial charge in [0.1, 0.15) is 5.69 Å². The normalized spacial score (nSPS) is 15.4. The number of nitrogens with zero attached hydrogens (tertiary/aromatic N) is 2. The molecule has 28 heavy (non-hydrogen) atoms. The van der Waals surface area contributed by atoms with E-state index in [9.17, 15) is 9.59 Å². The number of ether oxygens (including phenoxy) is 1. The van der Waals surface area contributed by atoms with Crippen molar-refractivity contribution < 1.29 is 14.3 Å². The molecule has 1 amide bonds. The molecule has 0 aliphatic carbocycles. The summed E-state index contributed by atoms with van der Waals surface area (Å²) in [6.45, 7) is 5.82. The molecule has 0 bridgehead atoms. The lowest BCUT2D eigenvalue weighted by molar-refractivity contribution is -0.117.